The summed E-state index contributed by atoms with van der Waals surface area (Å²) in [6.45, 7) is 5.20. The van der Waals surface area contributed by atoms with Gasteiger partial charge in [0.25, 0.3) is 0 Å². The van der Waals surface area contributed by atoms with E-state index in [-0.39, 0.29) is 11.8 Å². The van der Waals surface area contributed by atoms with Crippen molar-refractivity contribution in [1.29, 1.82) is 0 Å². The van der Waals surface area contributed by atoms with Gasteiger partial charge >= 0.3 is 0 Å². The summed E-state index contributed by atoms with van der Waals surface area (Å²) in [5, 5.41) is 3.09. The van der Waals surface area contributed by atoms with Crippen molar-refractivity contribution in [1.82, 2.24) is 10.2 Å². The Hall–Kier alpha value is -3.05. The number of carbonyl (C=O) groups is 2. The van der Waals surface area contributed by atoms with Crippen LogP contribution in [0.2, 0.25) is 0 Å². The monoisotopic (exact) mass is 502 g/mol. The minimum absolute atomic E-state index is 0.0173. The first-order chi connectivity index (χ1) is 17.6. The van der Waals surface area contributed by atoms with E-state index in [4.69, 9.17) is 0 Å². The molecule has 0 aliphatic rings. The molecule has 3 rings (SSSR count). The van der Waals surface area contributed by atoms with Crippen molar-refractivity contribution >= 4 is 23.6 Å². The third kappa shape index (κ3) is 9.19. The van der Waals surface area contributed by atoms with Gasteiger partial charge in [-0.25, -0.2) is 0 Å². The number of amides is 2. The van der Waals surface area contributed by atoms with Crippen LogP contribution in [0, 0.1) is 6.92 Å². The second-order valence-electron chi connectivity index (χ2n) is 9.15. The van der Waals surface area contributed by atoms with E-state index >= 15 is 0 Å². The number of rotatable bonds is 14. The fraction of sp³-hybridized carbons (Fsp3) is 0.355. The van der Waals surface area contributed by atoms with E-state index in [9.17, 15) is 9.59 Å². The summed E-state index contributed by atoms with van der Waals surface area (Å²) in [7, 11) is 0. The fourth-order valence-electron chi connectivity index (χ4n) is 4.13. The third-order valence-electron chi connectivity index (χ3n) is 6.11. The second-order valence-corrected chi connectivity index (χ2v) is 10.3. The van der Waals surface area contributed by atoms with E-state index in [1.54, 1.807) is 16.7 Å². The zero-order valence-corrected chi connectivity index (χ0v) is 22.3. The van der Waals surface area contributed by atoms with Crippen LogP contribution in [0.1, 0.15) is 48.4 Å². The van der Waals surface area contributed by atoms with Crippen LogP contribution >= 0.6 is 11.8 Å². The van der Waals surface area contributed by atoms with Crippen LogP contribution in [-0.2, 0) is 28.3 Å². The molecule has 4 nitrogen and oxygen atoms in total. The summed E-state index contributed by atoms with van der Waals surface area (Å²) in [5.74, 6) is 1.53. The molecule has 36 heavy (non-hydrogen) atoms. The molecular weight excluding hydrogens is 464 g/mol. The molecule has 0 saturated carbocycles. The summed E-state index contributed by atoms with van der Waals surface area (Å²) < 4.78 is 0. The van der Waals surface area contributed by atoms with Crippen molar-refractivity contribution in [3.63, 3.8) is 0 Å². The van der Waals surface area contributed by atoms with E-state index in [1.165, 1.54) is 5.56 Å². The number of carbonyl (C=O) groups excluding carboxylic acids is 2. The van der Waals surface area contributed by atoms with Crippen LogP contribution in [0.15, 0.2) is 84.9 Å². The highest BCUT2D eigenvalue weighted by molar-refractivity contribution is 7.98. The summed E-state index contributed by atoms with van der Waals surface area (Å²) in [6.07, 6.45) is 2.82. The molecule has 0 heterocycles. The topological polar surface area (TPSA) is 49.4 Å². The lowest BCUT2D eigenvalue weighted by atomic mass is 10.0. The van der Waals surface area contributed by atoms with Gasteiger partial charge in [-0.15, -0.1) is 0 Å². The van der Waals surface area contributed by atoms with Gasteiger partial charge in [-0.3, -0.25) is 9.59 Å². The van der Waals surface area contributed by atoms with E-state index in [2.05, 4.69) is 43.4 Å². The molecule has 0 fully saturated rings. The molecule has 0 aliphatic heterocycles. The van der Waals surface area contributed by atoms with Gasteiger partial charge in [0.2, 0.25) is 11.8 Å². The minimum atomic E-state index is -0.559. The van der Waals surface area contributed by atoms with E-state index in [0.29, 0.717) is 31.7 Å². The Morgan fingerprint density at radius 3 is 2.22 bits per heavy atom. The smallest absolute Gasteiger partial charge is 0.243 e. The van der Waals surface area contributed by atoms with Gasteiger partial charge in [0, 0.05) is 37.4 Å². The quantitative estimate of drug-likeness (QED) is 0.268. The van der Waals surface area contributed by atoms with Crippen molar-refractivity contribution in [2.75, 3.05) is 12.3 Å². The maximum absolute atomic E-state index is 13.6. The predicted octanol–water partition coefficient (Wildman–Crippen LogP) is 6.17. The van der Waals surface area contributed by atoms with Gasteiger partial charge in [0.05, 0.1) is 0 Å². The molecule has 5 heteroatoms. The zero-order valence-electron chi connectivity index (χ0n) is 21.5. The van der Waals surface area contributed by atoms with Crippen LogP contribution in [0.4, 0.5) is 0 Å². The Morgan fingerprint density at radius 2 is 1.56 bits per heavy atom. The second kappa shape index (κ2) is 15.1. The van der Waals surface area contributed by atoms with Crippen LogP contribution in [0.3, 0.4) is 0 Å². The molecule has 2 amide bonds. The average molecular weight is 503 g/mol. The molecule has 0 radical (unpaired) electrons. The normalized spacial score (nSPS) is 11.6. The molecule has 0 unspecified atom stereocenters. The van der Waals surface area contributed by atoms with E-state index < -0.39 is 6.04 Å². The highest BCUT2D eigenvalue weighted by Crippen LogP contribution is 2.19. The molecule has 0 saturated heterocycles. The van der Waals surface area contributed by atoms with Crippen molar-refractivity contribution in [3.8, 4) is 0 Å². The van der Waals surface area contributed by atoms with Crippen LogP contribution in [0.25, 0.3) is 0 Å². The number of hydrogen-bond acceptors (Lipinski definition) is 3. The highest BCUT2D eigenvalue weighted by Gasteiger charge is 2.30. The van der Waals surface area contributed by atoms with Crippen LogP contribution in [0.5, 0.6) is 0 Å². The molecule has 1 N–H and O–H groups in total. The molecule has 0 spiro atoms. The van der Waals surface area contributed by atoms with Gasteiger partial charge in [-0.05, 0) is 30.0 Å². The summed E-state index contributed by atoms with van der Waals surface area (Å²) in [4.78, 5) is 28.9. The molecule has 0 aliphatic carbocycles. The van der Waals surface area contributed by atoms with Crippen molar-refractivity contribution in [2.24, 2.45) is 0 Å². The third-order valence-corrected chi connectivity index (χ3v) is 7.14. The number of nitrogens with one attached hydrogen (secondary N) is 1. The maximum Gasteiger partial charge on any atom is 0.243 e. The molecule has 3 aromatic rings. The summed E-state index contributed by atoms with van der Waals surface area (Å²) in [5.41, 5.74) is 4.49. The number of thioether (sulfide) groups is 1. The van der Waals surface area contributed by atoms with Gasteiger partial charge < -0.3 is 10.2 Å². The molecule has 1 atom stereocenters. The Labute approximate surface area is 220 Å². The van der Waals surface area contributed by atoms with Crippen molar-refractivity contribution < 1.29 is 9.59 Å². The average Bonchev–Trinajstić information content (AvgIpc) is 2.90. The Bertz CT molecular complexity index is 1070. The van der Waals surface area contributed by atoms with Gasteiger partial charge in [-0.2, -0.15) is 11.8 Å². The number of benzene rings is 3. The van der Waals surface area contributed by atoms with Crippen molar-refractivity contribution in [3.05, 3.63) is 107 Å². The number of nitrogens with zero attached hydrogens (tertiary/aromatic N) is 1. The number of unbranched alkanes of at least 4 members (excludes halogenated alkanes) is 1. The number of hydrogen-bond donors (Lipinski definition) is 1. The fourth-order valence-corrected chi connectivity index (χ4v) is 5.03. The lowest BCUT2D eigenvalue weighted by molar-refractivity contribution is -0.141. The first-order valence-corrected chi connectivity index (χ1v) is 14.0. The lowest BCUT2D eigenvalue weighted by Gasteiger charge is -2.32. The highest BCUT2D eigenvalue weighted by atomic mass is 32.2. The summed E-state index contributed by atoms with van der Waals surface area (Å²) in [6, 6.07) is 27.9. The first kappa shape index (κ1) is 27.5. The summed E-state index contributed by atoms with van der Waals surface area (Å²) >= 11 is 1.75. The molecule has 190 valence electrons. The molecular formula is C31H38N2O2S. The maximum atomic E-state index is 13.6. The SMILES string of the molecule is CCCCNC(=O)[C@@H](Cc1ccccc1)N(Cc1cccc(C)c1)C(=O)CCSCc1ccccc1. The van der Waals surface area contributed by atoms with Gasteiger partial charge in [0.1, 0.15) is 6.04 Å². The molecule has 0 bridgehead atoms. The van der Waals surface area contributed by atoms with Crippen molar-refractivity contribution in [2.45, 2.75) is 57.9 Å². The Balaban J connectivity index is 1.78. The van der Waals surface area contributed by atoms with Gasteiger partial charge in [0.15, 0.2) is 0 Å². The zero-order chi connectivity index (χ0) is 25.6. The Morgan fingerprint density at radius 1 is 0.889 bits per heavy atom. The van der Waals surface area contributed by atoms with Gasteiger partial charge in [-0.1, -0.05) is 104 Å². The van der Waals surface area contributed by atoms with E-state index in [0.717, 1.165) is 35.3 Å². The standard InChI is InChI=1S/C31H38N2O2S/c1-3-4-19-32-31(35)29(22-26-13-7-5-8-14-26)33(23-28-17-11-12-25(2)21-28)30(34)18-20-36-24-27-15-9-6-10-16-27/h5-17,21,29H,3-4,18-20,22-24H2,1-2H3,(H,32,35)/t29-/m1/s1. The van der Waals surface area contributed by atoms with Crippen LogP contribution in [-0.4, -0.2) is 35.1 Å². The predicted molar refractivity (Wildman–Crippen MR) is 151 cm³/mol. The first-order valence-electron chi connectivity index (χ1n) is 12.8. The number of aryl methyl sites for hydroxylation is 1. The Kier molecular flexibility index (Phi) is 11.6. The molecule has 0 aromatic heterocycles. The lowest BCUT2D eigenvalue weighted by Crippen LogP contribution is -2.50. The minimum Gasteiger partial charge on any atom is -0.354 e. The van der Waals surface area contributed by atoms with Crippen LogP contribution < -0.4 is 5.32 Å². The molecule has 3 aromatic carbocycles. The van der Waals surface area contributed by atoms with E-state index in [1.807, 2.05) is 60.7 Å². The largest absolute Gasteiger partial charge is 0.354 e.